The number of benzene rings is 2. The smallest absolute Gasteiger partial charge is 0.345 e. The van der Waals surface area contributed by atoms with Gasteiger partial charge in [0.05, 0.1) is 18.4 Å². The van der Waals surface area contributed by atoms with Crippen LogP contribution in [0.4, 0.5) is 0 Å². The average Bonchev–Trinajstić information content (AvgIpc) is 3.04. The minimum atomic E-state index is -0.403. The third kappa shape index (κ3) is 3.37. The topological polar surface area (TPSA) is 79.1 Å². The van der Waals surface area contributed by atoms with Gasteiger partial charge in [0.2, 0.25) is 0 Å². The van der Waals surface area contributed by atoms with Crippen molar-refractivity contribution in [3.8, 4) is 17.4 Å². The molecule has 0 amide bonds. The molecule has 0 atom stereocenters. The summed E-state index contributed by atoms with van der Waals surface area (Å²) in [5.74, 6) is 0.204. The van der Waals surface area contributed by atoms with Crippen LogP contribution in [-0.2, 0) is 4.74 Å². The van der Waals surface area contributed by atoms with Crippen LogP contribution in [0.3, 0.4) is 0 Å². The maximum absolute atomic E-state index is 11.4. The van der Waals surface area contributed by atoms with E-state index in [9.17, 15) is 4.79 Å². The zero-order valence-corrected chi connectivity index (χ0v) is 13.6. The van der Waals surface area contributed by atoms with Crippen molar-refractivity contribution in [1.29, 1.82) is 0 Å². The molecule has 0 saturated heterocycles. The molecular weight excluding hydrogens is 364 g/mol. The van der Waals surface area contributed by atoms with Crippen molar-refractivity contribution in [2.45, 2.75) is 0 Å². The molecule has 0 aliphatic heterocycles. The maximum Gasteiger partial charge on any atom is 0.345 e. The summed E-state index contributed by atoms with van der Waals surface area (Å²) < 4.78 is 12.7. The second-order valence-corrected chi connectivity index (χ2v) is 5.38. The fourth-order valence-corrected chi connectivity index (χ4v) is 2.13. The van der Waals surface area contributed by atoms with Gasteiger partial charge in [-0.3, -0.25) is 0 Å². The van der Waals surface area contributed by atoms with Crippen LogP contribution >= 0.6 is 15.9 Å². The first-order valence-corrected chi connectivity index (χ1v) is 7.37. The number of aromatic nitrogens is 4. The molecule has 8 heteroatoms. The number of hydrogen-bond acceptors (Lipinski definition) is 6. The number of carbonyl (C=O) groups is 1. The molecule has 3 aromatic rings. The van der Waals surface area contributed by atoms with Crippen LogP contribution in [0, 0.1) is 0 Å². The monoisotopic (exact) mass is 374 g/mol. The number of carbonyl (C=O) groups excluding carboxylic acids is 1. The number of hydrogen-bond donors (Lipinski definition) is 0. The summed E-state index contributed by atoms with van der Waals surface area (Å²) in [6.07, 6.45) is 0. The molecule has 0 aliphatic rings. The van der Waals surface area contributed by atoms with Gasteiger partial charge in [0.25, 0.3) is 0 Å². The van der Waals surface area contributed by atoms with Gasteiger partial charge in [-0.25, -0.2) is 4.79 Å². The van der Waals surface area contributed by atoms with Gasteiger partial charge in [-0.2, -0.15) is 4.68 Å². The van der Waals surface area contributed by atoms with Crippen molar-refractivity contribution in [3.63, 3.8) is 0 Å². The van der Waals surface area contributed by atoms with Crippen LogP contribution < -0.4 is 4.74 Å². The molecule has 1 aromatic heterocycles. The number of tetrazole rings is 1. The summed E-state index contributed by atoms with van der Waals surface area (Å²) in [6, 6.07) is 14.2. The standard InChI is InChI=1S/C15H11BrN4O3/c1-22-14(21)10-2-6-12(7-3-10)20-15(17-18-19-20)23-13-8-4-11(16)5-9-13/h2-9H,1H3. The summed E-state index contributed by atoms with van der Waals surface area (Å²) >= 11 is 3.36. The Morgan fingerprint density at radius 2 is 1.78 bits per heavy atom. The lowest BCUT2D eigenvalue weighted by atomic mass is 10.2. The summed E-state index contributed by atoms with van der Waals surface area (Å²) in [6.45, 7) is 0. The predicted octanol–water partition coefficient (Wildman–Crippen LogP) is 3.00. The highest BCUT2D eigenvalue weighted by Crippen LogP contribution is 2.23. The first kappa shape index (κ1) is 15.2. The highest BCUT2D eigenvalue weighted by molar-refractivity contribution is 9.10. The Morgan fingerprint density at radius 3 is 2.43 bits per heavy atom. The molecule has 0 spiro atoms. The van der Waals surface area contributed by atoms with Gasteiger partial charge in [0.1, 0.15) is 5.75 Å². The Morgan fingerprint density at radius 1 is 1.09 bits per heavy atom. The van der Waals surface area contributed by atoms with Gasteiger partial charge in [-0.1, -0.05) is 21.0 Å². The van der Waals surface area contributed by atoms with E-state index in [2.05, 4.69) is 36.2 Å². The maximum atomic E-state index is 11.4. The zero-order valence-electron chi connectivity index (χ0n) is 12.0. The van der Waals surface area contributed by atoms with Gasteiger partial charge < -0.3 is 9.47 Å². The molecule has 7 nitrogen and oxygen atoms in total. The molecule has 0 fully saturated rings. The van der Waals surface area contributed by atoms with Crippen molar-refractivity contribution in [2.75, 3.05) is 7.11 Å². The van der Waals surface area contributed by atoms with E-state index in [0.29, 0.717) is 17.0 Å². The molecule has 1 heterocycles. The van der Waals surface area contributed by atoms with E-state index < -0.39 is 5.97 Å². The number of methoxy groups -OCH3 is 1. The van der Waals surface area contributed by atoms with Gasteiger partial charge in [0.15, 0.2) is 0 Å². The Bertz CT molecular complexity index is 815. The minimum absolute atomic E-state index is 0.221. The van der Waals surface area contributed by atoms with Gasteiger partial charge in [-0.05, 0) is 59.0 Å². The second kappa shape index (κ2) is 6.57. The van der Waals surface area contributed by atoms with E-state index in [1.54, 1.807) is 36.4 Å². The van der Waals surface area contributed by atoms with Crippen LogP contribution in [0.2, 0.25) is 0 Å². The van der Waals surface area contributed by atoms with Crippen molar-refractivity contribution in [1.82, 2.24) is 20.2 Å². The first-order chi connectivity index (χ1) is 11.2. The summed E-state index contributed by atoms with van der Waals surface area (Å²) in [5, 5.41) is 11.4. The Labute approximate surface area is 140 Å². The van der Waals surface area contributed by atoms with Crippen molar-refractivity contribution < 1.29 is 14.3 Å². The third-order valence-corrected chi connectivity index (χ3v) is 3.53. The average molecular weight is 375 g/mol. The molecule has 0 aliphatic carbocycles. The highest BCUT2D eigenvalue weighted by atomic mass is 79.9. The van der Waals surface area contributed by atoms with E-state index in [0.717, 1.165) is 4.47 Å². The summed E-state index contributed by atoms with van der Waals surface area (Å²) in [5.41, 5.74) is 1.11. The van der Waals surface area contributed by atoms with E-state index in [4.69, 9.17) is 4.74 Å². The van der Waals surface area contributed by atoms with Crippen LogP contribution in [-0.4, -0.2) is 33.3 Å². The van der Waals surface area contributed by atoms with Crippen molar-refractivity contribution in [2.24, 2.45) is 0 Å². The van der Waals surface area contributed by atoms with Crippen LogP contribution in [0.1, 0.15) is 10.4 Å². The Kier molecular flexibility index (Phi) is 4.33. The molecule has 2 aromatic carbocycles. The minimum Gasteiger partial charge on any atom is -0.465 e. The fraction of sp³-hybridized carbons (Fsp3) is 0.0667. The first-order valence-electron chi connectivity index (χ1n) is 6.58. The Balaban J connectivity index is 1.85. The van der Waals surface area contributed by atoms with Crippen LogP contribution in [0.15, 0.2) is 53.0 Å². The molecule has 116 valence electrons. The Hall–Kier alpha value is -2.74. The molecule has 0 radical (unpaired) electrons. The third-order valence-electron chi connectivity index (χ3n) is 3.00. The lowest BCUT2D eigenvalue weighted by Crippen LogP contribution is -2.03. The highest BCUT2D eigenvalue weighted by Gasteiger charge is 2.12. The zero-order chi connectivity index (χ0) is 16.2. The number of nitrogens with zero attached hydrogens (tertiary/aromatic N) is 4. The largest absolute Gasteiger partial charge is 0.465 e. The lowest BCUT2D eigenvalue weighted by molar-refractivity contribution is 0.0601. The molecular formula is C15H11BrN4O3. The van der Waals surface area contributed by atoms with Gasteiger partial charge in [-0.15, -0.1) is 0 Å². The summed E-state index contributed by atoms with van der Waals surface area (Å²) in [4.78, 5) is 11.4. The van der Waals surface area contributed by atoms with Crippen molar-refractivity contribution in [3.05, 3.63) is 58.6 Å². The number of rotatable bonds is 4. The van der Waals surface area contributed by atoms with Crippen molar-refractivity contribution >= 4 is 21.9 Å². The molecule has 0 bridgehead atoms. The second-order valence-electron chi connectivity index (χ2n) is 4.47. The molecule has 0 saturated carbocycles. The predicted molar refractivity (Wildman–Crippen MR) is 84.7 cm³/mol. The van der Waals surface area contributed by atoms with Gasteiger partial charge >= 0.3 is 12.0 Å². The van der Waals surface area contributed by atoms with Crippen LogP contribution in [0.25, 0.3) is 5.69 Å². The van der Waals surface area contributed by atoms with E-state index in [1.807, 2.05) is 12.1 Å². The SMILES string of the molecule is COC(=O)c1ccc(-n2nnnc2Oc2ccc(Br)cc2)cc1. The molecule has 3 rings (SSSR count). The van der Waals surface area contributed by atoms with E-state index in [1.165, 1.54) is 11.8 Å². The van der Waals surface area contributed by atoms with E-state index in [-0.39, 0.29) is 6.01 Å². The summed E-state index contributed by atoms with van der Waals surface area (Å²) in [7, 11) is 1.34. The number of halogens is 1. The fourth-order valence-electron chi connectivity index (χ4n) is 1.87. The molecule has 0 unspecified atom stereocenters. The quantitative estimate of drug-likeness (QED) is 0.653. The number of esters is 1. The molecule has 23 heavy (non-hydrogen) atoms. The lowest BCUT2D eigenvalue weighted by Gasteiger charge is -2.06. The number of ether oxygens (including phenoxy) is 2. The van der Waals surface area contributed by atoms with Gasteiger partial charge in [0, 0.05) is 4.47 Å². The molecule has 0 N–H and O–H groups in total. The van der Waals surface area contributed by atoms with E-state index >= 15 is 0 Å². The normalized spacial score (nSPS) is 10.3. The van der Waals surface area contributed by atoms with Crippen LogP contribution in [0.5, 0.6) is 11.8 Å².